The third kappa shape index (κ3) is 1.16. The number of fused-ring (bicyclic) bond motifs is 1. The first-order chi connectivity index (χ1) is 6.59. The molecular formula is C10H10N2O2. The van der Waals surface area contributed by atoms with Crippen molar-refractivity contribution in [1.82, 2.24) is 4.98 Å². The molecule has 4 nitrogen and oxygen atoms in total. The van der Waals surface area contributed by atoms with Crippen LogP contribution in [0.15, 0.2) is 21.3 Å². The van der Waals surface area contributed by atoms with Crippen LogP contribution in [0.4, 0.5) is 5.82 Å². The van der Waals surface area contributed by atoms with Crippen LogP contribution < -0.4 is 11.4 Å². The third-order valence-electron chi connectivity index (χ3n) is 2.34. The Morgan fingerprint density at radius 2 is 2.00 bits per heavy atom. The van der Waals surface area contributed by atoms with Gasteiger partial charge in [-0.2, -0.15) is 4.98 Å². The van der Waals surface area contributed by atoms with E-state index >= 15 is 0 Å². The summed E-state index contributed by atoms with van der Waals surface area (Å²) >= 11 is 0. The molecule has 2 N–H and O–H groups in total. The summed E-state index contributed by atoms with van der Waals surface area (Å²) in [4.78, 5) is 15.3. The molecule has 2 rings (SSSR count). The molecule has 0 aliphatic carbocycles. The highest BCUT2D eigenvalue weighted by Gasteiger charge is 2.07. The van der Waals surface area contributed by atoms with Gasteiger partial charge in [0.2, 0.25) is 5.71 Å². The summed E-state index contributed by atoms with van der Waals surface area (Å²) < 4.78 is 5.01. The highest BCUT2D eigenvalue weighted by atomic mass is 16.4. The van der Waals surface area contributed by atoms with Crippen LogP contribution in [0, 0.1) is 13.8 Å². The Balaban J connectivity index is 2.98. The zero-order chi connectivity index (χ0) is 10.3. The highest BCUT2D eigenvalue weighted by molar-refractivity contribution is 5.78. The van der Waals surface area contributed by atoms with Gasteiger partial charge in [0.15, 0.2) is 0 Å². The molecule has 2 heterocycles. The van der Waals surface area contributed by atoms with Gasteiger partial charge in [-0.3, -0.25) is 0 Å². The highest BCUT2D eigenvalue weighted by Crippen LogP contribution is 2.17. The van der Waals surface area contributed by atoms with Crippen molar-refractivity contribution in [1.29, 1.82) is 0 Å². The molecule has 0 radical (unpaired) electrons. The van der Waals surface area contributed by atoms with Crippen molar-refractivity contribution >= 4 is 16.9 Å². The second-order valence-electron chi connectivity index (χ2n) is 3.23. The molecule has 0 amide bonds. The van der Waals surface area contributed by atoms with Crippen LogP contribution >= 0.6 is 0 Å². The van der Waals surface area contributed by atoms with Crippen LogP contribution in [0.2, 0.25) is 0 Å². The van der Waals surface area contributed by atoms with Crippen LogP contribution in [0.3, 0.4) is 0 Å². The number of hydrogen-bond donors (Lipinski definition) is 1. The van der Waals surface area contributed by atoms with Crippen LogP contribution in [0.25, 0.3) is 11.1 Å². The van der Waals surface area contributed by atoms with E-state index in [-0.39, 0.29) is 5.63 Å². The van der Waals surface area contributed by atoms with E-state index in [1.165, 1.54) is 0 Å². The van der Waals surface area contributed by atoms with Crippen molar-refractivity contribution < 1.29 is 4.42 Å². The van der Waals surface area contributed by atoms with Gasteiger partial charge >= 0.3 is 5.63 Å². The van der Waals surface area contributed by atoms with Crippen LogP contribution in [-0.4, -0.2) is 4.98 Å². The lowest BCUT2D eigenvalue weighted by Gasteiger charge is -2.02. The normalized spacial score (nSPS) is 10.7. The number of nitrogen functional groups attached to an aromatic ring is 1. The first kappa shape index (κ1) is 8.74. The minimum absolute atomic E-state index is 0.304. The van der Waals surface area contributed by atoms with Crippen molar-refractivity contribution in [2.45, 2.75) is 13.8 Å². The molecule has 0 saturated carbocycles. The van der Waals surface area contributed by atoms with E-state index in [4.69, 9.17) is 10.2 Å². The molecule has 0 aromatic carbocycles. The number of rotatable bonds is 0. The Morgan fingerprint density at radius 1 is 1.29 bits per heavy atom. The summed E-state index contributed by atoms with van der Waals surface area (Å²) in [6.07, 6.45) is 0. The Bertz CT molecular complexity index is 558. The zero-order valence-electron chi connectivity index (χ0n) is 8.00. The first-order valence-corrected chi connectivity index (χ1v) is 4.26. The molecule has 0 saturated heterocycles. The number of nitrogens with two attached hydrogens (primary N) is 1. The van der Waals surface area contributed by atoms with Gasteiger partial charge < -0.3 is 10.2 Å². The van der Waals surface area contributed by atoms with E-state index in [1.807, 2.05) is 13.0 Å². The predicted octanol–water partition coefficient (Wildman–Crippen LogP) is 1.39. The molecule has 2 aromatic heterocycles. The summed E-state index contributed by atoms with van der Waals surface area (Å²) in [6.45, 7) is 3.60. The van der Waals surface area contributed by atoms with Gasteiger partial charge in [-0.15, -0.1) is 0 Å². The second-order valence-corrected chi connectivity index (χ2v) is 3.23. The monoisotopic (exact) mass is 190 g/mol. The van der Waals surface area contributed by atoms with Crippen molar-refractivity contribution in [2.75, 3.05) is 5.73 Å². The molecule has 72 valence electrons. The lowest BCUT2D eigenvalue weighted by atomic mass is 10.1. The number of aryl methyl sites for hydroxylation is 1. The van der Waals surface area contributed by atoms with Crippen LogP contribution in [0.1, 0.15) is 11.1 Å². The van der Waals surface area contributed by atoms with Crippen molar-refractivity contribution in [3.05, 3.63) is 33.7 Å². The van der Waals surface area contributed by atoms with Crippen molar-refractivity contribution in [3.8, 4) is 0 Å². The molecule has 2 aromatic rings. The predicted molar refractivity (Wildman–Crippen MR) is 54.2 cm³/mol. The number of aromatic nitrogens is 1. The minimum Gasteiger partial charge on any atom is -0.403 e. The minimum atomic E-state index is -0.354. The summed E-state index contributed by atoms with van der Waals surface area (Å²) in [5.74, 6) is 0.351. The second kappa shape index (κ2) is 2.83. The maximum absolute atomic E-state index is 11.3. The van der Waals surface area contributed by atoms with Crippen molar-refractivity contribution in [2.24, 2.45) is 0 Å². The molecule has 0 fully saturated rings. The van der Waals surface area contributed by atoms with E-state index in [0.29, 0.717) is 17.1 Å². The molecular weight excluding hydrogens is 180 g/mol. The van der Waals surface area contributed by atoms with Crippen LogP contribution in [0.5, 0.6) is 0 Å². The van der Waals surface area contributed by atoms with Crippen molar-refractivity contribution in [3.63, 3.8) is 0 Å². The Kier molecular flexibility index (Phi) is 1.77. The summed E-state index contributed by atoms with van der Waals surface area (Å²) in [6, 6.07) is 3.50. The van der Waals surface area contributed by atoms with E-state index in [0.717, 1.165) is 10.9 Å². The Hall–Kier alpha value is -1.84. The molecule has 14 heavy (non-hydrogen) atoms. The van der Waals surface area contributed by atoms with Gasteiger partial charge in [0.05, 0.1) is 0 Å². The van der Waals surface area contributed by atoms with E-state index in [1.54, 1.807) is 13.0 Å². The summed E-state index contributed by atoms with van der Waals surface area (Å²) in [5.41, 5.74) is 6.95. The topological polar surface area (TPSA) is 69.1 Å². The fourth-order valence-corrected chi connectivity index (χ4v) is 1.34. The fraction of sp³-hybridized carbons (Fsp3) is 0.200. The van der Waals surface area contributed by atoms with Gasteiger partial charge in [-0.25, -0.2) is 4.79 Å². The largest absolute Gasteiger partial charge is 0.403 e. The fourth-order valence-electron chi connectivity index (χ4n) is 1.34. The molecule has 0 aliphatic rings. The zero-order valence-corrected chi connectivity index (χ0v) is 8.00. The number of anilines is 1. The van der Waals surface area contributed by atoms with Gasteiger partial charge in [0.25, 0.3) is 0 Å². The van der Waals surface area contributed by atoms with Gasteiger partial charge in [0, 0.05) is 10.9 Å². The molecule has 0 atom stereocenters. The average Bonchev–Trinajstić information content (AvgIpc) is 2.14. The lowest BCUT2D eigenvalue weighted by molar-refractivity contribution is 0.543. The van der Waals surface area contributed by atoms with Gasteiger partial charge in [-0.1, -0.05) is 0 Å². The smallest absolute Gasteiger partial charge is 0.340 e. The number of hydrogen-bond acceptors (Lipinski definition) is 4. The average molecular weight is 190 g/mol. The summed E-state index contributed by atoms with van der Waals surface area (Å²) in [7, 11) is 0. The van der Waals surface area contributed by atoms with E-state index < -0.39 is 0 Å². The SMILES string of the molecule is Cc1c(C)c2ccc(N)nc2oc1=O. The quantitative estimate of drug-likeness (QED) is 0.681. The number of pyridine rings is 1. The Labute approximate surface area is 80.4 Å². The molecule has 0 aliphatic heterocycles. The maximum Gasteiger partial charge on any atom is 0.340 e. The number of nitrogens with zero attached hydrogens (tertiary/aromatic N) is 1. The van der Waals surface area contributed by atoms with Gasteiger partial charge in [-0.05, 0) is 31.5 Å². The summed E-state index contributed by atoms with van der Waals surface area (Å²) in [5, 5.41) is 0.830. The molecule has 4 heteroatoms. The third-order valence-corrected chi connectivity index (χ3v) is 2.34. The lowest BCUT2D eigenvalue weighted by Crippen LogP contribution is -2.06. The molecule has 0 unspecified atom stereocenters. The maximum atomic E-state index is 11.3. The van der Waals surface area contributed by atoms with Crippen LogP contribution in [-0.2, 0) is 0 Å². The Morgan fingerprint density at radius 3 is 2.71 bits per heavy atom. The van der Waals surface area contributed by atoms with E-state index in [2.05, 4.69) is 4.98 Å². The molecule has 0 spiro atoms. The first-order valence-electron chi connectivity index (χ1n) is 4.26. The standard InChI is InChI=1S/C10H10N2O2/c1-5-6(2)10(13)14-9-7(5)3-4-8(11)12-9/h3-4H,1-2H3,(H2,11,12). The van der Waals surface area contributed by atoms with Gasteiger partial charge in [0.1, 0.15) is 5.82 Å². The molecule has 0 bridgehead atoms. The van der Waals surface area contributed by atoms with E-state index in [9.17, 15) is 4.79 Å².